The van der Waals surface area contributed by atoms with Gasteiger partial charge in [-0.05, 0) is 12.1 Å². The molecular weight excluding hydrogens is 406 g/mol. The lowest BCUT2D eigenvalue weighted by molar-refractivity contribution is 0.0306. The number of nitrogens with two attached hydrogens (primary N) is 1. The average Bonchev–Trinajstić information content (AvgIpc) is 3.38. The summed E-state index contributed by atoms with van der Waals surface area (Å²) >= 11 is 1.16. The van der Waals surface area contributed by atoms with Gasteiger partial charge < -0.3 is 25.7 Å². The lowest BCUT2D eigenvalue weighted by Crippen LogP contribution is -2.40. The van der Waals surface area contributed by atoms with Crippen LogP contribution in [0.1, 0.15) is 20.2 Å². The number of nitrogens with zero attached hydrogens (tertiary/aromatic N) is 4. The van der Waals surface area contributed by atoms with Crippen LogP contribution in [0.2, 0.25) is 0 Å². The fourth-order valence-electron chi connectivity index (χ4n) is 3.11. The Morgan fingerprint density at radius 1 is 1.27 bits per heavy atom. The Bertz CT molecular complexity index is 1130. The minimum absolute atomic E-state index is 0.166. The van der Waals surface area contributed by atoms with Gasteiger partial charge in [0, 0.05) is 25.8 Å². The molecule has 1 aromatic carbocycles. The number of para-hydroxylation sites is 1. The van der Waals surface area contributed by atoms with Crippen molar-refractivity contribution in [3.8, 4) is 5.69 Å². The first-order valence-corrected chi connectivity index (χ1v) is 10.2. The van der Waals surface area contributed by atoms with Gasteiger partial charge in [0.2, 0.25) is 0 Å². The lowest BCUT2D eigenvalue weighted by atomic mass is 10.3. The maximum atomic E-state index is 13.1. The maximum absolute atomic E-state index is 13.1. The summed E-state index contributed by atoms with van der Waals surface area (Å²) in [5.41, 5.74) is 7.40. The van der Waals surface area contributed by atoms with Gasteiger partial charge in [0.15, 0.2) is 16.3 Å². The number of aromatic amines is 1. The van der Waals surface area contributed by atoms with Gasteiger partial charge >= 0.3 is 0 Å². The molecule has 0 radical (unpaired) electrons. The summed E-state index contributed by atoms with van der Waals surface area (Å²) in [6, 6.07) is 9.37. The minimum Gasteiger partial charge on any atom is -0.383 e. The molecule has 3 heterocycles. The normalized spacial score (nSPS) is 14.7. The average molecular weight is 427 g/mol. The van der Waals surface area contributed by atoms with E-state index in [9.17, 15) is 9.59 Å². The summed E-state index contributed by atoms with van der Waals surface area (Å²) in [5, 5.41) is 2.55. The Balaban J connectivity index is 1.86. The number of nitrogens with one attached hydrogen (secondary N) is 2. The largest absolute Gasteiger partial charge is 0.383 e. The second-order valence-electron chi connectivity index (χ2n) is 6.47. The number of benzene rings is 1. The number of hydrogen-bond donors (Lipinski definition) is 3. The molecule has 0 unspecified atom stereocenters. The molecule has 1 aliphatic heterocycles. The molecule has 1 fully saturated rings. The Morgan fingerprint density at radius 3 is 2.70 bits per heavy atom. The van der Waals surface area contributed by atoms with Gasteiger partial charge in [-0.15, -0.1) is 0 Å². The quantitative estimate of drug-likeness (QED) is 0.570. The summed E-state index contributed by atoms with van der Waals surface area (Å²) in [4.78, 5) is 39.2. The number of anilines is 1. The second kappa shape index (κ2) is 8.51. The summed E-state index contributed by atoms with van der Waals surface area (Å²) in [5.74, 6) is -0.00346. The monoisotopic (exact) mass is 427 g/mol. The third kappa shape index (κ3) is 3.72. The Labute approximate surface area is 176 Å². The van der Waals surface area contributed by atoms with Crippen molar-refractivity contribution in [1.82, 2.24) is 24.8 Å². The number of morpholine rings is 1. The van der Waals surface area contributed by atoms with Crippen molar-refractivity contribution in [3.05, 3.63) is 52.0 Å². The first-order chi connectivity index (χ1) is 14.6. The molecule has 1 aliphatic rings. The van der Waals surface area contributed by atoms with E-state index in [1.165, 1.54) is 13.4 Å². The topological polar surface area (TPSA) is 131 Å². The summed E-state index contributed by atoms with van der Waals surface area (Å²) in [6.45, 7) is 2.01. The molecular formula is C19H21N7O3S. The first kappa shape index (κ1) is 19.9. The van der Waals surface area contributed by atoms with Crippen molar-refractivity contribution in [2.45, 2.75) is 0 Å². The molecule has 0 saturated carbocycles. The summed E-state index contributed by atoms with van der Waals surface area (Å²) < 4.78 is 7.03. The van der Waals surface area contributed by atoms with E-state index in [0.717, 1.165) is 17.0 Å². The van der Waals surface area contributed by atoms with Crippen LogP contribution in [0.5, 0.6) is 0 Å². The van der Waals surface area contributed by atoms with Gasteiger partial charge in [-0.25, -0.2) is 4.98 Å². The highest BCUT2D eigenvalue weighted by Crippen LogP contribution is 2.23. The number of amides is 2. The van der Waals surface area contributed by atoms with E-state index in [1.54, 1.807) is 9.47 Å². The number of rotatable bonds is 4. The van der Waals surface area contributed by atoms with Crippen molar-refractivity contribution in [1.29, 1.82) is 0 Å². The van der Waals surface area contributed by atoms with E-state index < -0.39 is 0 Å². The lowest BCUT2D eigenvalue weighted by Gasteiger charge is -2.26. The van der Waals surface area contributed by atoms with E-state index in [-0.39, 0.29) is 23.3 Å². The number of nitrogen functional groups attached to an aromatic ring is 1. The predicted molar refractivity (Wildman–Crippen MR) is 112 cm³/mol. The van der Waals surface area contributed by atoms with Crippen molar-refractivity contribution >= 4 is 34.8 Å². The molecule has 0 atom stereocenters. The SMILES string of the molecule is CNC(=O)c1[nH]cnc1N=c1sc(C(=O)N2CCOCC2)c(N)n1-c1ccccc1. The van der Waals surface area contributed by atoms with Crippen LogP contribution in [-0.2, 0) is 4.74 Å². The van der Waals surface area contributed by atoms with Gasteiger partial charge in [0.25, 0.3) is 11.8 Å². The van der Waals surface area contributed by atoms with Crippen LogP contribution in [0.25, 0.3) is 5.69 Å². The zero-order valence-corrected chi connectivity index (χ0v) is 17.1. The fourth-order valence-corrected chi connectivity index (χ4v) is 4.13. The molecule has 30 heavy (non-hydrogen) atoms. The number of ether oxygens (including phenoxy) is 1. The van der Waals surface area contributed by atoms with Crippen LogP contribution < -0.4 is 15.9 Å². The van der Waals surface area contributed by atoms with Gasteiger partial charge in [-0.2, -0.15) is 4.99 Å². The molecule has 4 rings (SSSR count). The molecule has 10 nitrogen and oxygen atoms in total. The van der Waals surface area contributed by atoms with Gasteiger partial charge in [0.05, 0.1) is 19.5 Å². The number of aromatic nitrogens is 3. The zero-order chi connectivity index (χ0) is 21.1. The van der Waals surface area contributed by atoms with Crippen LogP contribution in [0.15, 0.2) is 41.7 Å². The smallest absolute Gasteiger partial charge is 0.271 e. The molecule has 3 aromatic rings. The molecule has 0 bridgehead atoms. The van der Waals surface area contributed by atoms with Crippen molar-refractivity contribution in [3.63, 3.8) is 0 Å². The molecule has 1 saturated heterocycles. The van der Waals surface area contributed by atoms with E-state index in [2.05, 4.69) is 20.3 Å². The van der Waals surface area contributed by atoms with Crippen LogP contribution in [0, 0.1) is 0 Å². The number of H-pyrrole nitrogens is 1. The zero-order valence-electron chi connectivity index (χ0n) is 16.3. The highest BCUT2D eigenvalue weighted by atomic mass is 32.1. The summed E-state index contributed by atoms with van der Waals surface area (Å²) in [6.07, 6.45) is 1.40. The Kier molecular flexibility index (Phi) is 5.63. The highest BCUT2D eigenvalue weighted by Gasteiger charge is 2.25. The Hall–Kier alpha value is -3.44. The van der Waals surface area contributed by atoms with E-state index in [4.69, 9.17) is 10.5 Å². The highest BCUT2D eigenvalue weighted by molar-refractivity contribution is 7.12. The van der Waals surface area contributed by atoms with Gasteiger partial charge in [-0.1, -0.05) is 29.5 Å². The number of carbonyl (C=O) groups is 2. The number of carbonyl (C=O) groups excluding carboxylic acids is 2. The number of hydrogen-bond acceptors (Lipinski definition) is 7. The van der Waals surface area contributed by atoms with Crippen LogP contribution in [0.3, 0.4) is 0 Å². The minimum atomic E-state index is -0.341. The van der Waals surface area contributed by atoms with E-state index >= 15 is 0 Å². The third-order valence-electron chi connectivity index (χ3n) is 4.64. The molecule has 11 heteroatoms. The first-order valence-electron chi connectivity index (χ1n) is 9.34. The van der Waals surface area contributed by atoms with Crippen LogP contribution >= 0.6 is 11.3 Å². The van der Waals surface area contributed by atoms with Gasteiger partial charge in [-0.3, -0.25) is 14.2 Å². The van der Waals surface area contributed by atoms with Crippen molar-refractivity contribution in [2.75, 3.05) is 39.1 Å². The number of imidazole rings is 1. The predicted octanol–water partition coefficient (Wildman–Crippen LogP) is 0.909. The van der Waals surface area contributed by atoms with Crippen molar-refractivity contribution in [2.24, 2.45) is 4.99 Å². The molecule has 0 aliphatic carbocycles. The molecule has 4 N–H and O–H groups in total. The van der Waals surface area contributed by atoms with Gasteiger partial charge in [0.1, 0.15) is 10.7 Å². The Morgan fingerprint density at radius 2 is 2.00 bits per heavy atom. The molecule has 156 valence electrons. The summed E-state index contributed by atoms with van der Waals surface area (Å²) in [7, 11) is 1.53. The molecule has 2 amide bonds. The standard InChI is InChI=1S/C19H21N7O3S/c1-21-17(27)13-16(23-11-22-13)24-19-26(12-5-3-2-4-6-12)15(20)14(30-19)18(28)25-7-9-29-10-8-25/h2-6,11H,7-10,20H2,1H3,(H,21,27)(H,22,23). The molecule has 0 spiro atoms. The van der Waals surface area contributed by atoms with Crippen LogP contribution in [0.4, 0.5) is 11.6 Å². The fraction of sp³-hybridized carbons (Fsp3) is 0.263. The maximum Gasteiger partial charge on any atom is 0.271 e. The van der Waals surface area contributed by atoms with E-state index in [0.29, 0.717) is 41.8 Å². The van der Waals surface area contributed by atoms with Crippen LogP contribution in [-0.4, -0.2) is 64.6 Å². The van der Waals surface area contributed by atoms with Crippen molar-refractivity contribution < 1.29 is 14.3 Å². The van der Waals surface area contributed by atoms with E-state index in [1.807, 2.05) is 30.3 Å². The third-order valence-corrected chi connectivity index (χ3v) is 5.68. The molecule has 2 aromatic heterocycles. The number of thiazole rings is 1. The second-order valence-corrected chi connectivity index (χ2v) is 7.44.